The van der Waals surface area contributed by atoms with E-state index in [4.69, 9.17) is 0 Å². The Morgan fingerprint density at radius 1 is 0.880 bits per heavy atom. The van der Waals surface area contributed by atoms with Crippen molar-refractivity contribution < 1.29 is 10.2 Å². The molecule has 0 saturated carbocycles. The Hall–Kier alpha value is -1.64. The molecule has 2 nitrogen and oxygen atoms in total. The molecular weight excluding hydrogens is 308 g/mol. The largest absolute Gasteiger partial charge is 0.388 e. The Labute approximate surface area is 151 Å². The van der Waals surface area contributed by atoms with Crippen LogP contribution in [0, 0.1) is 5.41 Å². The van der Waals surface area contributed by atoms with E-state index >= 15 is 0 Å². The standard InChI is InChI=1S/C23H30O2/c1-15(2)17-12-13-18-19(14-17)21(3,4)23(18,25)22(5,6)20(24)16-10-8-7-9-11-16/h7-15,20,24-25H,1-6H3/t20-,23-/m0/s1. The highest BCUT2D eigenvalue weighted by molar-refractivity contribution is 5.55. The van der Waals surface area contributed by atoms with Crippen LogP contribution in [0.15, 0.2) is 48.5 Å². The van der Waals surface area contributed by atoms with Gasteiger partial charge in [-0.1, -0.05) is 90.1 Å². The normalized spacial score (nSPS) is 23.1. The summed E-state index contributed by atoms with van der Waals surface area (Å²) in [5, 5.41) is 22.9. The second-order valence-electron chi connectivity index (χ2n) is 8.83. The minimum Gasteiger partial charge on any atom is -0.388 e. The quantitative estimate of drug-likeness (QED) is 0.819. The predicted molar refractivity (Wildman–Crippen MR) is 103 cm³/mol. The molecule has 2 heteroatoms. The van der Waals surface area contributed by atoms with Crippen molar-refractivity contribution in [2.24, 2.45) is 5.41 Å². The average molecular weight is 338 g/mol. The molecule has 0 spiro atoms. The first kappa shape index (κ1) is 18.2. The molecule has 3 rings (SSSR count). The monoisotopic (exact) mass is 338 g/mol. The van der Waals surface area contributed by atoms with Crippen LogP contribution < -0.4 is 0 Å². The van der Waals surface area contributed by atoms with Crippen LogP contribution in [0.3, 0.4) is 0 Å². The summed E-state index contributed by atoms with van der Waals surface area (Å²) >= 11 is 0. The summed E-state index contributed by atoms with van der Waals surface area (Å²) in [6.45, 7) is 12.5. The first-order chi connectivity index (χ1) is 11.5. The van der Waals surface area contributed by atoms with Crippen LogP contribution in [0.4, 0.5) is 0 Å². The highest BCUT2D eigenvalue weighted by atomic mass is 16.3. The van der Waals surface area contributed by atoms with Gasteiger partial charge in [0.05, 0.1) is 6.10 Å². The lowest BCUT2D eigenvalue weighted by atomic mass is 9.45. The molecule has 0 bridgehead atoms. The third-order valence-electron chi connectivity index (χ3n) is 6.41. The lowest BCUT2D eigenvalue weighted by Crippen LogP contribution is -2.64. The molecule has 134 valence electrons. The van der Waals surface area contributed by atoms with E-state index in [0.29, 0.717) is 5.92 Å². The van der Waals surface area contributed by atoms with E-state index < -0.39 is 22.5 Å². The summed E-state index contributed by atoms with van der Waals surface area (Å²) < 4.78 is 0. The molecule has 0 fully saturated rings. The van der Waals surface area contributed by atoms with Gasteiger partial charge >= 0.3 is 0 Å². The smallest absolute Gasteiger partial charge is 0.107 e. The number of hydrogen-bond acceptors (Lipinski definition) is 2. The zero-order valence-corrected chi connectivity index (χ0v) is 16.2. The zero-order valence-electron chi connectivity index (χ0n) is 16.2. The maximum Gasteiger partial charge on any atom is 0.107 e. The van der Waals surface area contributed by atoms with Crippen molar-refractivity contribution in [1.29, 1.82) is 0 Å². The highest BCUT2D eigenvalue weighted by Crippen LogP contribution is 2.65. The van der Waals surface area contributed by atoms with E-state index in [2.05, 4.69) is 45.9 Å². The SMILES string of the molecule is CC(C)c1ccc2c(c1)C(C)(C)[C@]2(O)C(C)(C)[C@@H](O)c1ccccc1. The van der Waals surface area contributed by atoms with E-state index in [0.717, 1.165) is 11.1 Å². The molecule has 0 amide bonds. The van der Waals surface area contributed by atoms with Crippen molar-refractivity contribution in [3.8, 4) is 0 Å². The van der Waals surface area contributed by atoms with Gasteiger partial charge in [0.1, 0.15) is 5.60 Å². The molecule has 0 aromatic heterocycles. The Bertz CT molecular complexity index is 774. The second kappa shape index (κ2) is 5.69. The van der Waals surface area contributed by atoms with Gasteiger partial charge in [-0.25, -0.2) is 0 Å². The summed E-state index contributed by atoms with van der Waals surface area (Å²) in [7, 11) is 0. The Morgan fingerprint density at radius 2 is 1.48 bits per heavy atom. The first-order valence-corrected chi connectivity index (χ1v) is 9.15. The van der Waals surface area contributed by atoms with Crippen LogP contribution in [0.5, 0.6) is 0 Å². The molecule has 25 heavy (non-hydrogen) atoms. The molecule has 0 saturated heterocycles. The molecule has 1 aliphatic carbocycles. The Morgan fingerprint density at radius 3 is 2.04 bits per heavy atom. The van der Waals surface area contributed by atoms with Gasteiger partial charge in [-0.2, -0.15) is 0 Å². The highest BCUT2D eigenvalue weighted by Gasteiger charge is 2.66. The van der Waals surface area contributed by atoms with E-state index in [1.165, 1.54) is 11.1 Å². The topological polar surface area (TPSA) is 40.5 Å². The number of hydrogen-bond donors (Lipinski definition) is 2. The van der Waals surface area contributed by atoms with Crippen molar-refractivity contribution in [1.82, 2.24) is 0 Å². The predicted octanol–water partition coefficient (Wildman–Crippen LogP) is 5.05. The van der Waals surface area contributed by atoms with Gasteiger partial charge in [0.25, 0.3) is 0 Å². The van der Waals surface area contributed by atoms with Crippen molar-refractivity contribution in [3.63, 3.8) is 0 Å². The summed E-state index contributed by atoms with van der Waals surface area (Å²) in [5.74, 6) is 0.456. The minimum absolute atomic E-state index is 0.424. The molecule has 2 atom stereocenters. The number of aliphatic hydroxyl groups excluding tert-OH is 1. The summed E-state index contributed by atoms with van der Waals surface area (Å²) in [4.78, 5) is 0. The average Bonchev–Trinajstić information content (AvgIpc) is 2.60. The third kappa shape index (κ3) is 2.31. The van der Waals surface area contributed by atoms with Gasteiger partial charge in [0.2, 0.25) is 0 Å². The van der Waals surface area contributed by atoms with Crippen LogP contribution in [-0.2, 0) is 11.0 Å². The summed E-state index contributed by atoms with van der Waals surface area (Å²) in [6, 6.07) is 16.0. The van der Waals surface area contributed by atoms with Gasteiger partial charge in [0.15, 0.2) is 0 Å². The molecule has 2 N–H and O–H groups in total. The molecule has 2 aromatic rings. The fourth-order valence-corrected chi connectivity index (χ4v) is 4.63. The van der Waals surface area contributed by atoms with Crippen molar-refractivity contribution >= 4 is 0 Å². The zero-order chi connectivity index (χ0) is 18.6. The first-order valence-electron chi connectivity index (χ1n) is 9.15. The van der Waals surface area contributed by atoms with E-state index in [1.807, 2.05) is 44.2 Å². The van der Waals surface area contributed by atoms with Gasteiger partial charge in [-0.05, 0) is 28.2 Å². The molecule has 0 unspecified atom stereocenters. The lowest BCUT2D eigenvalue weighted by molar-refractivity contribution is -0.193. The number of benzene rings is 2. The molecule has 0 heterocycles. The van der Waals surface area contributed by atoms with E-state index in [9.17, 15) is 10.2 Å². The number of rotatable bonds is 4. The van der Waals surface area contributed by atoms with Gasteiger partial charge in [0, 0.05) is 10.8 Å². The number of aliphatic hydroxyl groups is 2. The lowest BCUT2D eigenvalue weighted by Gasteiger charge is -2.62. The molecule has 0 aliphatic heterocycles. The second-order valence-corrected chi connectivity index (χ2v) is 8.83. The minimum atomic E-state index is -1.10. The van der Waals surface area contributed by atoms with Gasteiger partial charge < -0.3 is 10.2 Å². The fraction of sp³-hybridized carbons (Fsp3) is 0.478. The summed E-state index contributed by atoms with van der Waals surface area (Å²) in [6.07, 6.45) is -0.754. The van der Waals surface area contributed by atoms with Crippen LogP contribution in [-0.4, -0.2) is 10.2 Å². The molecular formula is C23H30O2. The maximum atomic E-state index is 11.8. The van der Waals surface area contributed by atoms with Gasteiger partial charge in [-0.3, -0.25) is 0 Å². The molecule has 2 aromatic carbocycles. The Kier molecular flexibility index (Phi) is 4.13. The van der Waals surface area contributed by atoms with Crippen molar-refractivity contribution in [2.45, 2.75) is 64.6 Å². The molecule has 0 radical (unpaired) electrons. The van der Waals surface area contributed by atoms with E-state index in [1.54, 1.807) is 0 Å². The van der Waals surface area contributed by atoms with Gasteiger partial charge in [-0.15, -0.1) is 0 Å². The summed E-state index contributed by atoms with van der Waals surface area (Å²) in [5.41, 5.74) is 2.01. The third-order valence-corrected chi connectivity index (χ3v) is 6.41. The van der Waals surface area contributed by atoms with Crippen LogP contribution in [0.25, 0.3) is 0 Å². The fourth-order valence-electron chi connectivity index (χ4n) is 4.63. The Balaban J connectivity index is 2.09. The molecule has 1 aliphatic rings. The van der Waals surface area contributed by atoms with Crippen LogP contribution in [0.1, 0.15) is 75.8 Å². The van der Waals surface area contributed by atoms with Crippen LogP contribution >= 0.6 is 0 Å². The van der Waals surface area contributed by atoms with Crippen LogP contribution in [0.2, 0.25) is 0 Å². The number of fused-ring (bicyclic) bond motifs is 1. The maximum absolute atomic E-state index is 11.8. The van der Waals surface area contributed by atoms with Crippen molar-refractivity contribution in [2.75, 3.05) is 0 Å². The van der Waals surface area contributed by atoms with E-state index in [-0.39, 0.29) is 0 Å². The van der Waals surface area contributed by atoms with Crippen molar-refractivity contribution in [3.05, 3.63) is 70.8 Å².